The van der Waals surface area contributed by atoms with Gasteiger partial charge >= 0.3 is 0 Å². The monoisotopic (exact) mass is 279 g/mol. The van der Waals surface area contributed by atoms with E-state index in [4.69, 9.17) is 5.73 Å². The van der Waals surface area contributed by atoms with Gasteiger partial charge in [-0.15, -0.1) is 0 Å². The zero-order chi connectivity index (χ0) is 14.7. The van der Waals surface area contributed by atoms with Crippen molar-refractivity contribution < 1.29 is 4.79 Å². The number of fused-ring (bicyclic) bond motifs is 1. The maximum Gasteiger partial charge on any atom is 0.221 e. The van der Waals surface area contributed by atoms with Crippen LogP contribution in [0.1, 0.15) is 35.4 Å². The Labute approximate surface area is 126 Å². The zero-order valence-electron chi connectivity index (χ0n) is 12.2. The first-order chi connectivity index (χ1) is 10.3. The van der Waals surface area contributed by atoms with Crippen molar-refractivity contribution in [3.05, 3.63) is 71.3 Å². The standard InChI is InChI=1S/C19H21NO/c20-19(21)18-13-11-15-8-4-5-9-16(15)17(18)12-10-14-6-2-1-3-7-14/h1-9,17-18H,10-13H2,(H2,20,21). The lowest BCUT2D eigenvalue weighted by molar-refractivity contribution is -0.123. The molecule has 1 amide bonds. The van der Waals surface area contributed by atoms with E-state index in [0.717, 1.165) is 25.7 Å². The predicted octanol–water partition coefficient (Wildman–Crippen LogP) is 3.45. The largest absolute Gasteiger partial charge is 0.369 e. The summed E-state index contributed by atoms with van der Waals surface area (Å²) in [4.78, 5) is 11.8. The molecule has 1 aliphatic carbocycles. The summed E-state index contributed by atoms with van der Waals surface area (Å²) in [6.45, 7) is 0. The Morgan fingerprint density at radius 1 is 1.05 bits per heavy atom. The van der Waals surface area contributed by atoms with Gasteiger partial charge < -0.3 is 5.73 Å². The van der Waals surface area contributed by atoms with Crippen LogP contribution in [0.25, 0.3) is 0 Å². The van der Waals surface area contributed by atoms with E-state index < -0.39 is 0 Å². The molecule has 3 rings (SSSR count). The summed E-state index contributed by atoms with van der Waals surface area (Å²) >= 11 is 0. The summed E-state index contributed by atoms with van der Waals surface area (Å²) in [5.74, 6) is 0.0823. The number of primary amides is 1. The van der Waals surface area contributed by atoms with Gasteiger partial charge in [-0.3, -0.25) is 4.79 Å². The van der Waals surface area contributed by atoms with Gasteiger partial charge in [0, 0.05) is 5.92 Å². The highest BCUT2D eigenvalue weighted by Gasteiger charge is 2.32. The van der Waals surface area contributed by atoms with Crippen LogP contribution in [0.5, 0.6) is 0 Å². The molecule has 0 spiro atoms. The van der Waals surface area contributed by atoms with E-state index in [1.807, 2.05) is 6.07 Å². The Kier molecular flexibility index (Phi) is 4.05. The van der Waals surface area contributed by atoms with Gasteiger partial charge in [0.15, 0.2) is 0 Å². The van der Waals surface area contributed by atoms with E-state index in [0.29, 0.717) is 0 Å². The van der Waals surface area contributed by atoms with E-state index in [9.17, 15) is 4.79 Å². The molecule has 2 unspecified atom stereocenters. The first kappa shape index (κ1) is 13.9. The Morgan fingerprint density at radius 2 is 1.76 bits per heavy atom. The molecule has 108 valence electrons. The van der Waals surface area contributed by atoms with Crippen LogP contribution >= 0.6 is 0 Å². The van der Waals surface area contributed by atoms with Crippen LogP contribution in [-0.2, 0) is 17.6 Å². The number of hydrogen-bond donors (Lipinski definition) is 1. The van der Waals surface area contributed by atoms with Crippen molar-refractivity contribution in [2.75, 3.05) is 0 Å². The molecule has 0 fully saturated rings. The second-order valence-electron chi connectivity index (χ2n) is 5.88. The van der Waals surface area contributed by atoms with Crippen LogP contribution in [0, 0.1) is 5.92 Å². The van der Waals surface area contributed by atoms with Crippen LogP contribution in [0.15, 0.2) is 54.6 Å². The number of benzene rings is 2. The summed E-state index contributed by atoms with van der Waals surface area (Å²) in [7, 11) is 0. The third-order valence-electron chi connectivity index (χ3n) is 4.62. The smallest absolute Gasteiger partial charge is 0.221 e. The van der Waals surface area contributed by atoms with Crippen molar-refractivity contribution in [1.82, 2.24) is 0 Å². The molecule has 0 saturated carbocycles. The van der Waals surface area contributed by atoms with Gasteiger partial charge in [0.1, 0.15) is 0 Å². The molecule has 2 aromatic carbocycles. The van der Waals surface area contributed by atoms with E-state index in [1.54, 1.807) is 0 Å². The third-order valence-corrected chi connectivity index (χ3v) is 4.62. The van der Waals surface area contributed by atoms with Crippen molar-refractivity contribution in [3.8, 4) is 0 Å². The quantitative estimate of drug-likeness (QED) is 0.915. The van der Waals surface area contributed by atoms with Crippen molar-refractivity contribution >= 4 is 5.91 Å². The zero-order valence-corrected chi connectivity index (χ0v) is 12.2. The maximum atomic E-state index is 11.8. The average molecular weight is 279 g/mol. The first-order valence-electron chi connectivity index (χ1n) is 7.67. The molecular formula is C19H21NO. The van der Waals surface area contributed by atoms with E-state index in [-0.39, 0.29) is 17.7 Å². The Hall–Kier alpha value is -2.09. The SMILES string of the molecule is NC(=O)C1CCc2ccccc2C1CCc1ccccc1. The van der Waals surface area contributed by atoms with Crippen molar-refractivity contribution in [1.29, 1.82) is 0 Å². The van der Waals surface area contributed by atoms with Crippen LogP contribution in [-0.4, -0.2) is 5.91 Å². The molecule has 2 atom stereocenters. The van der Waals surface area contributed by atoms with Gasteiger partial charge in [-0.25, -0.2) is 0 Å². The maximum absolute atomic E-state index is 11.8. The molecule has 0 aromatic heterocycles. The molecule has 0 bridgehead atoms. The molecule has 2 N–H and O–H groups in total. The normalized spacial score (nSPS) is 20.8. The lowest BCUT2D eigenvalue weighted by Crippen LogP contribution is -2.32. The second kappa shape index (κ2) is 6.13. The molecule has 2 heteroatoms. The highest BCUT2D eigenvalue weighted by atomic mass is 16.1. The van der Waals surface area contributed by atoms with Gasteiger partial charge in [0.25, 0.3) is 0 Å². The Morgan fingerprint density at radius 3 is 2.52 bits per heavy atom. The lowest BCUT2D eigenvalue weighted by atomic mass is 9.72. The fourth-order valence-electron chi connectivity index (χ4n) is 3.52. The summed E-state index contributed by atoms with van der Waals surface area (Å²) < 4.78 is 0. The second-order valence-corrected chi connectivity index (χ2v) is 5.88. The van der Waals surface area contributed by atoms with Gasteiger partial charge in [-0.1, -0.05) is 54.6 Å². The van der Waals surface area contributed by atoms with E-state index in [1.165, 1.54) is 16.7 Å². The molecular weight excluding hydrogens is 258 g/mol. The average Bonchev–Trinajstić information content (AvgIpc) is 2.53. The summed E-state index contributed by atoms with van der Waals surface area (Å²) in [6.07, 6.45) is 3.82. The Balaban J connectivity index is 1.83. The van der Waals surface area contributed by atoms with Gasteiger partial charge in [-0.2, -0.15) is 0 Å². The highest BCUT2D eigenvalue weighted by molar-refractivity contribution is 5.78. The third kappa shape index (κ3) is 2.99. The van der Waals surface area contributed by atoms with Crippen molar-refractivity contribution in [2.45, 2.75) is 31.6 Å². The number of aryl methyl sites for hydroxylation is 2. The number of amides is 1. The van der Waals surface area contributed by atoms with E-state index in [2.05, 4.69) is 48.5 Å². The van der Waals surface area contributed by atoms with Crippen LogP contribution < -0.4 is 5.73 Å². The highest BCUT2D eigenvalue weighted by Crippen LogP contribution is 2.39. The summed E-state index contributed by atoms with van der Waals surface area (Å²) in [6, 6.07) is 19.0. The van der Waals surface area contributed by atoms with Gasteiger partial charge in [0.05, 0.1) is 0 Å². The number of hydrogen-bond acceptors (Lipinski definition) is 1. The fraction of sp³-hybridized carbons (Fsp3) is 0.316. The number of carbonyl (C=O) groups is 1. The Bertz CT molecular complexity index is 620. The molecule has 0 saturated heterocycles. The molecule has 0 radical (unpaired) electrons. The lowest BCUT2D eigenvalue weighted by Gasteiger charge is -2.32. The minimum Gasteiger partial charge on any atom is -0.369 e. The van der Waals surface area contributed by atoms with Crippen LogP contribution in [0.2, 0.25) is 0 Å². The topological polar surface area (TPSA) is 43.1 Å². The fourth-order valence-corrected chi connectivity index (χ4v) is 3.52. The van der Waals surface area contributed by atoms with Crippen LogP contribution in [0.4, 0.5) is 0 Å². The summed E-state index contributed by atoms with van der Waals surface area (Å²) in [5, 5.41) is 0. The van der Waals surface area contributed by atoms with Crippen molar-refractivity contribution in [3.63, 3.8) is 0 Å². The molecule has 21 heavy (non-hydrogen) atoms. The van der Waals surface area contributed by atoms with Gasteiger partial charge in [0.2, 0.25) is 5.91 Å². The number of rotatable bonds is 4. The first-order valence-corrected chi connectivity index (χ1v) is 7.67. The number of nitrogens with two attached hydrogens (primary N) is 1. The summed E-state index contributed by atoms with van der Waals surface area (Å²) in [5.41, 5.74) is 9.67. The predicted molar refractivity (Wildman–Crippen MR) is 85.0 cm³/mol. The molecule has 0 heterocycles. The minimum absolute atomic E-state index is 0.0244. The van der Waals surface area contributed by atoms with Gasteiger partial charge in [-0.05, 0) is 48.3 Å². The molecule has 1 aliphatic rings. The number of carbonyl (C=O) groups excluding carboxylic acids is 1. The molecule has 2 aromatic rings. The van der Waals surface area contributed by atoms with Crippen LogP contribution in [0.3, 0.4) is 0 Å². The molecule has 0 aliphatic heterocycles. The molecule has 2 nitrogen and oxygen atoms in total. The van der Waals surface area contributed by atoms with Crippen molar-refractivity contribution in [2.24, 2.45) is 11.7 Å². The minimum atomic E-state index is -0.150. The van der Waals surface area contributed by atoms with E-state index >= 15 is 0 Å².